The lowest BCUT2D eigenvalue weighted by Gasteiger charge is -2.17. The molecule has 27 heavy (non-hydrogen) atoms. The number of fused-ring (bicyclic) bond motifs is 1. The average Bonchev–Trinajstić information content (AvgIpc) is 2.78. The highest BCUT2D eigenvalue weighted by Gasteiger charge is 2.20. The van der Waals surface area contributed by atoms with E-state index in [4.69, 9.17) is 4.98 Å². The molecule has 1 aliphatic carbocycles. The van der Waals surface area contributed by atoms with E-state index in [0.29, 0.717) is 17.0 Å². The largest absolute Gasteiger partial charge is 0.353 e. The molecule has 0 radical (unpaired) electrons. The van der Waals surface area contributed by atoms with Crippen LogP contribution in [0.3, 0.4) is 0 Å². The first-order valence-electron chi connectivity index (χ1n) is 9.83. The summed E-state index contributed by atoms with van der Waals surface area (Å²) in [6.07, 6.45) is 7.08. The molecule has 0 unspecified atom stereocenters. The van der Waals surface area contributed by atoms with Crippen LogP contribution < -0.4 is 10.9 Å². The van der Waals surface area contributed by atoms with Crippen molar-refractivity contribution in [1.82, 2.24) is 14.9 Å². The Morgan fingerprint density at radius 2 is 1.93 bits per heavy atom. The Hall–Kier alpha value is -1.34. The van der Waals surface area contributed by atoms with E-state index in [9.17, 15) is 9.59 Å². The number of carbonyl (C=O) groups excluding carboxylic acids is 1. The van der Waals surface area contributed by atoms with Crippen molar-refractivity contribution in [2.45, 2.75) is 83.5 Å². The van der Waals surface area contributed by atoms with Crippen molar-refractivity contribution in [3.05, 3.63) is 20.8 Å². The van der Waals surface area contributed by atoms with Gasteiger partial charge < -0.3 is 5.32 Å². The molecule has 0 spiro atoms. The van der Waals surface area contributed by atoms with Crippen LogP contribution in [0.2, 0.25) is 0 Å². The van der Waals surface area contributed by atoms with E-state index >= 15 is 0 Å². The highest BCUT2D eigenvalue weighted by Crippen LogP contribution is 2.29. The molecule has 1 N–H and O–H groups in total. The van der Waals surface area contributed by atoms with Gasteiger partial charge in [0, 0.05) is 17.0 Å². The lowest BCUT2D eigenvalue weighted by atomic mass is 10.1. The molecule has 7 heteroatoms. The Morgan fingerprint density at radius 3 is 2.56 bits per heavy atom. The van der Waals surface area contributed by atoms with E-state index in [1.807, 2.05) is 27.7 Å². The smallest absolute Gasteiger partial charge is 0.263 e. The van der Waals surface area contributed by atoms with E-state index in [0.717, 1.165) is 33.5 Å². The average molecular weight is 408 g/mol. The number of nitrogens with zero attached hydrogens (tertiary/aromatic N) is 2. The van der Waals surface area contributed by atoms with Gasteiger partial charge in [0.2, 0.25) is 5.91 Å². The highest BCUT2D eigenvalue weighted by atomic mass is 32.2. The number of amides is 1. The molecule has 1 amide bonds. The minimum Gasteiger partial charge on any atom is -0.353 e. The van der Waals surface area contributed by atoms with Crippen LogP contribution in [0.1, 0.15) is 68.9 Å². The van der Waals surface area contributed by atoms with Gasteiger partial charge in [-0.05, 0) is 46.1 Å². The number of carbonyl (C=O) groups is 1. The maximum absolute atomic E-state index is 13.0. The second-order valence-corrected chi connectivity index (χ2v) is 9.82. The summed E-state index contributed by atoms with van der Waals surface area (Å²) in [6.45, 7) is 7.97. The third kappa shape index (κ3) is 4.57. The zero-order valence-corrected chi connectivity index (χ0v) is 18.3. The zero-order chi connectivity index (χ0) is 19.6. The van der Waals surface area contributed by atoms with Crippen molar-refractivity contribution in [3.63, 3.8) is 0 Å². The molecule has 3 rings (SSSR count). The minimum atomic E-state index is 0.00132. The molecular formula is C20H29N3O2S2. The van der Waals surface area contributed by atoms with Crippen molar-refractivity contribution in [2.75, 3.05) is 5.75 Å². The van der Waals surface area contributed by atoms with Crippen LogP contribution in [0.25, 0.3) is 10.2 Å². The SMILES string of the molecule is Cc1sc2nc(SCC(=O)NC3CCCCCC3)n(C(C)C)c(=O)c2c1C. The van der Waals surface area contributed by atoms with E-state index < -0.39 is 0 Å². The molecule has 2 aromatic rings. The van der Waals surface area contributed by atoms with Crippen LogP contribution in [0.15, 0.2) is 9.95 Å². The maximum Gasteiger partial charge on any atom is 0.263 e. The van der Waals surface area contributed by atoms with E-state index in [1.54, 1.807) is 15.9 Å². The molecule has 0 aliphatic heterocycles. The third-order valence-corrected chi connectivity index (χ3v) is 7.33. The van der Waals surface area contributed by atoms with Gasteiger partial charge in [-0.3, -0.25) is 14.2 Å². The molecule has 0 aromatic carbocycles. The summed E-state index contributed by atoms with van der Waals surface area (Å²) in [4.78, 5) is 32.1. The van der Waals surface area contributed by atoms with Crippen molar-refractivity contribution < 1.29 is 4.79 Å². The summed E-state index contributed by atoms with van der Waals surface area (Å²) in [5.74, 6) is 0.333. The van der Waals surface area contributed by atoms with Crippen LogP contribution in [0.5, 0.6) is 0 Å². The summed E-state index contributed by atoms with van der Waals surface area (Å²) in [5.41, 5.74) is 1.02. The second kappa shape index (κ2) is 8.78. The number of hydrogen-bond acceptors (Lipinski definition) is 5. The molecule has 148 valence electrons. The molecule has 1 saturated carbocycles. The van der Waals surface area contributed by atoms with Gasteiger partial charge in [-0.15, -0.1) is 11.3 Å². The number of nitrogens with one attached hydrogen (secondary N) is 1. The quantitative estimate of drug-likeness (QED) is 0.447. The molecule has 0 atom stereocenters. The van der Waals surface area contributed by atoms with Crippen molar-refractivity contribution >= 4 is 39.2 Å². The standard InChI is InChI=1S/C20H29N3O2S2/c1-12(2)23-19(25)17-13(3)14(4)27-18(17)22-20(23)26-11-16(24)21-15-9-7-5-6-8-10-15/h12,15H,5-11H2,1-4H3,(H,21,24). The van der Waals surface area contributed by atoms with Gasteiger partial charge in [0.05, 0.1) is 11.1 Å². The fourth-order valence-electron chi connectivity index (χ4n) is 3.67. The zero-order valence-electron chi connectivity index (χ0n) is 16.6. The van der Waals surface area contributed by atoms with Gasteiger partial charge in [0.15, 0.2) is 5.16 Å². The second-order valence-electron chi connectivity index (χ2n) is 7.67. The van der Waals surface area contributed by atoms with Gasteiger partial charge >= 0.3 is 0 Å². The van der Waals surface area contributed by atoms with Gasteiger partial charge in [-0.2, -0.15) is 0 Å². The molecule has 2 aromatic heterocycles. The minimum absolute atomic E-state index is 0.00132. The normalized spacial score (nSPS) is 16.0. The van der Waals surface area contributed by atoms with Crippen molar-refractivity contribution in [2.24, 2.45) is 0 Å². The summed E-state index contributed by atoms with van der Waals surface area (Å²) in [7, 11) is 0. The van der Waals surface area contributed by atoms with E-state index in [-0.39, 0.29) is 17.5 Å². The van der Waals surface area contributed by atoms with E-state index in [1.165, 1.54) is 37.4 Å². The number of hydrogen-bond donors (Lipinski definition) is 1. The number of aryl methyl sites for hydroxylation is 2. The summed E-state index contributed by atoms with van der Waals surface area (Å²) in [5, 5.41) is 4.53. The molecule has 0 saturated heterocycles. The van der Waals surface area contributed by atoms with Gasteiger partial charge in [0.1, 0.15) is 4.83 Å². The topological polar surface area (TPSA) is 64.0 Å². The first kappa shape index (κ1) is 20.4. The Morgan fingerprint density at radius 1 is 1.26 bits per heavy atom. The highest BCUT2D eigenvalue weighted by molar-refractivity contribution is 7.99. The van der Waals surface area contributed by atoms with Crippen molar-refractivity contribution in [3.8, 4) is 0 Å². The molecule has 1 fully saturated rings. The Balaban J connectivity index is 1.78. The molecule has 2 heterocycles. The number of thioether (sulfide) groups is 1. The Labute approximate surface area is 169 Å². The molecule has 5 nitrogen and oxygen atoms in total. The number of aromatic nitrogens is 2. The fourth-order valence-corrected chi connectivity index (χ4v) is 5.68. The van der Waals surface area contributed by atoms with Gasteiger partial charge in [0.25, 0.3) is 5.56 Å². The molecule has 0 bridgehead atoms. The molecule has 1 aliphatic rings. The third-order valence-electron chi connectivity index (χ3n) is 5.27. The summed E-state index contributed by atoms with van der Waals surface area (Å²) < 4.78 is 1.73. The van der Waals surface area contributed by atoms with Crippen LogP contribution in [0.4, 0.5) is 0 Å². The molecular weight excluding hydrogens is 378 g/mol. The first-order chi connectivity index (χ1) is 12.9. The lowest BCUT2D eigenvalue weighted by Crippen LogP contribution is -2.35. The van der Waals surface area contributed by atoms with Gasteiger partial charge in [-0.1, -0.05) is 37.4 Å². The van der Waals surface area contributed by atoms with Crippen LogP contribution in [-0.2, 0) is 4.79 Å². The number of thiophene rings is 1. The lowest BCUT2D eigenvalue weighted by molar-refractivity contribution is -0.119. The predicted molar refractivity (Wildman–Crippen MR) is 114 cm³/mol. The maximum atomic E-state index is 13.0. The van der Waals surface area contributed by atoms with Gasteiger partial charge in [-0.25, -0.2) is 4.98 Å². The first-order valence-corrected chi connectivity index (χ1v) is 11.6. The fraction of sp³-hybridized carbons (Fsp3) is 0.650. The van der Waals surface area contributed by atoms with Crippen molar-refractivity contribution in [1.29, 1.82) is 0 Å². The summed E-state index contributed by atoms with van der Waals surface area (Å²) in [6, 6.07) is 0.298. The summed E-state index contributed by atoms with van der Waals surface area (Å²) >= 11 is 2.92. The van der Waals surface area contributed by atoms with E-state index in [2.05, 4.69) is 5.32 Å². The van der Waals surface area contributed by atoms with Crippen LogP contribution in [0, 0.1) is 13.8 Å². The van der Waals surface area contributed by atoms with Crippen LogP contribution in [-0.4, -0.2) is 27.3 Å². The number of rotatable bonds is 5. The Kier molecular flexibility index (Phi) is 6.63. The monoisotopic (exact) mass is 407 g/mol. The van der Waals surface area contributed by atoms with Crippen LogP contribution >= 0.6 is 23.1 Å². The Bertz CT molecular complexity index is 877. The predicted octanol–water partition coefficient (Wildman–Crippen LogP) is 4.59.